The van der Waals surface area contributed by atoms with Gasteiger partial charge in [0.25, 0.3) is 0 Å². The van der Waals surface area contributed by atoms with Gasteiger partial charge in [0.1, 0.15) is 11.5 Å². The van der Waals surface area contributed by atoms with Crippen molar-refractivity contribution in [2.75, 3.05) is 67.2 Å². The van der Waals surface area contributed by atoms with Crippen molar-refractivity contribution in [2.24, 2.45) is 0 Å². The van der Waals surface area contributed by atoms with E-state index in [1.165, 1.54) is 0 Å². The van der Waals surface area contributed by atoms with Gasteiger partial charge >= 0.3 is 11.8 Å². The van der Waals surface area contributed by atoms with Gasteiger partial charge in [-0.05, 0) is 6.92 Å². The van der Waals surface area contributed by atoms with Gasteiger partial charge in [-0.25, -0.2) is 4.79 Å². The molecule has 1 aromatic heterocycles. The number of nitrogens with zero attached hydrogens (tertiary/aromatic N) is 6. The molecule has 0 atom stereocenters. The molecule has 154 valence electrons. The fourth-order valence-corrected chi connectivity index (χ4v) is 4.36. The molecule has 2 fully saturated rings. The monoisotopic (exact) mass is 432 g/mol. The Labute approximate surface area is 169 Å². The molecule has 11 nitrogen and oxygen atoms in total. The first-order valence-corrected chi connectivity index (χ1v) is 10.8. The van der Waals surface area contributed by atoms with E-state index in [0.29, 0.717) is 57.4 Å². The summed E-state index contributed by atoms with van der Waals surface area (Å²) in [6.07, 6.45) is -0.369. The van der Waals surface area contributed by atoms with Crippen LogP contribution < -0.4 is 9.80 Å². The van der Waals surface area contributed by atoms with Crippen LogP contribution in [-0.4, -0.2) is 87.8 Å². The van der Waals surface area contributed by atoms with Crippen LogP contribution in [0.1, 0.15) is 6.92 Å². The molecule has 0 radical (unpaired) electrons. The molecule has 0 bridgehead atoms. The van der Waals surface area contributed by atoms with E-state index in [9.17, 15) is 19.5 Å². The minimum Gasteiger partial charge on any atom is -0.616 e. The first-order chi connectivity index (χ1) is 13.4. The summed E-state index contributed by atoms with van der Waals surface area (Å²) in [6.45, 7) is 4.62. The summed E-state index contributed by atoms with van der Waals surface area (Å²) in [5.74, 6) is 1.27. The van der Waals surface area contributed by atoms with E-state index in [1.807, 2.05) is 4.90 Å². The summed E-state index contributed by atoms with van der Waals surface area (Å²) >= 11 is 5.20. The quantitative estimate of drug-likeness (QED) is 0.294. The lowest BCUT2D eigenvalue weighted by atomic mass is 10.3. The van der Waals surface area contributed by atoms with Gasteiger partial charge in [-0.15, -0.1) is 0 Å². The summed E-state index contributed by atoms with van der Waals surface area (Å²) in [4.78, 5) is 36.4. The van der Waals surface area contributed by atoms with E-state index in [1.54, 1.807) is 16.7 Å². The smallest absolute Gasteiger partial charge is 0.409 e. The number of carbonyl (C=O) groups excluding carboxylic acids is 1. The number of amides is 1. The molecule has 13 heteroatoms. The molecule has 0 aliphatic carbocycles. The Bertz CT molecular complexity index is 740. The Kier molecular flexibility index (Phi) is 6.62. The number of halogens is 1. The number of ether oxygens (including phenoxy) is 1. The molecular formula is C15H21ClN6O5S. The molecule has 0 spiro atoms. The van der Waals surface area contributed by atoms with Gasteiger partial charge in [-0.2, -0.15) is 9.97 Å². The van der Waals surface area contributed by atoms with Crippen LogP contribution in [0.4, 0.5) is 22.2 Å². The number of rotatable bonds is 4. The average Bonchev–Trinajstić information content (AvgIpc) is 2.68. The van der Waals surface area contributed by atoms with Crippen LogP contribution in [0.25, 0.3) is 0 Å². The Hall–Kier alpha value is -2.05. The second-order valence-electron chi connectivity index (χ2n) is 6.25. The van der Waals surface area contributed by atoms with E-state index in [4.69, 9.17) is 16.3 Å². The van der Waals surface area contributed by atoms with Gasteiger partial charge in [-0.1, -0.05) is 22.8 Å². The molecule has 2 saturated heterocycles. The molecular weight excluding hydrogens is 412 g/mol. The number of piperazine rings is 1. The molecule has 0 unspecified atom stereocenters. The van der Waals surface area contributed by atoms with Crippen molar-refractivity contribution in [1.82, 2.24) is 14.9 Å². The highest BCUT2D eigenvalue weighted by atomic mass is 35.5. The fraction of sp³-hybridized carbons (Fsp3) is 0.667. The maximum absolute atomic E-state index is 11.8. The van der Waals surface area contributed by atoms with Crippen molar-refractivity contribution in [3.63, 3.8) is 0 Å². The van der Waals surface area contributed by atoms with Crippen LogP contribution in [-0.2, 0) is 15.9 Å². The zero-order valence-electron chi connectivity index (χ0n) is 15.4. The van der Waals surface area contributed by atoms with Gasteiger partial charge in [0, 0.05) is 26.2 Å². The number of hydrogen-bond acceptors (Lipinski definition) is 9. The summed E-state index contributed by atoms with van der Waals surface area (Å²) in [5.41, 5.74) is -0.344. The van der Waals surface area contributed by atoms with E-state index in [-0.39, 0.29) is 28.7 Å². The topological polar surface area (TPSA) is 128 Å². The van der Waals surface area contributed by atoms with E-state index >= 15 is 0 Å². The van der Waals surface area contributed by atoms with Gasteiger partial charge < -0.3 is 24.0 Å². The van der Waals surface area contributed by atoms with Gasteiger partial charge in [0.05, 0.1) is 24.6 Å². The SMILES string of the molecule is CCOC(=O)N1CCN(c2nc(Cl)c([N+](=O)[O-])c(N3CC[S+]([O-])CC3)n2)CC1. The molecule has 2 aliphatic heterocycles. The first kappa shape index (κ1) is 20.7. The predicted octanol–water partition coefficient (Wildman–Crippen LogP) is 0.885. The third-order valence-electron chi connectivity index (χ3n) is 4.56. The van der Waals surface area contributed by atoms with Crippen molar-refractivity contribution < 1.29 is 19.0 Å². The molecule has 0 saturated carbocycles. The molecule has 1 amide bonds. The summed E-state index contributed by atoms with van der Waals surface area (Å²) in [7, 11) is 0. The van der Waals surface area contributed by atoms with Crippen molar-refractivity contribution in [1.29, 1.82) is 0 Å². The van der Waals surface area contributed by atoms with Crippen LogP contribution in [0.15, 0.2) is 0 Å². The van der Waals surface area contributed by atoms with Crippen molar-refractivity contribution in [2.45, 2.75) is 6.92 Å². The van der Waals surface area contributed by atoms with E-state index in [0.717, 1.165) is 0 Å². The minimum atomic E-state index is -0.925. The van der Waals surface area contributed by atoms with Crippen LogP contribution in [0, 0.1) is 10.1 Å². The molecule has 3 heterocycles. The molecule has 3 rings (SSSR count). The van der Waals surface area contributed by atoms with Crippen LogP contribution >= 0.6 is 11.6 Å². The van der Waals surface area contributed by atoms with Crippen molar-refractivity contribution >= 4 is 46.3 Å². The lowest BCUT2D eigenvalue weighted by Gasteiger charge is -2.34. The number of carbonyl (C=O) groups is 1. The Balaban J connectivity index is 1.81. The predicted molar refractivity (Wildman–Crippen MR) is 105 cm³/mol. The van der Waals surface area contributed by atoms with Gasteiger partial charge in [0.15, 0.2) is 0 Å². The second kappa shape index (κ2) is 8.97. The van der Waals surface area contributed by atoms with Crippen LogP contribution in [0.5, 0.6) is 0 Å². The summed E-state index contributed by atoms with van der Waals surface area (Å²) in [6, 6.07) is 0. The largest absolute Gasteiger partial charge is 0.616 e. The lowest BCUT2D eigenvalue weighted by molar-refractivity contribution is -0.384. The molecule has 1 aromatic rings. The highest BCUT2D eigenvalue weighted by molar-refractivity contribution is 7.91. The van der Waals surface area contributed by atoms with Crippen molar-refractivity contribution in [3.05, 3.63) is 15.3 Å². The number of anilines is 2. The molecule has 2 aliphatic rings. The lowest BCUT2D eigenvalue weighted by Crippen LogP contribution is -2.49. The summed E-state index contributed by atoms with van der Waals surface area (Å²) in [5, 5.41) is 11.3. The normalized spacial score (nSPS) is 18.3. The van der Waals surface area contributed by atoms with Gasteiger partial charge in [0.2, 0.25) is 16.9 Å². The average molecular weight is 433 g/mol. The maximum atomic E-state index is 11.8. The molecule has 0 N–H and O–H groups in total. The Morgan fingerprint density at radius 2 is 1.82 bits per heavy atom. The fourth-order valence-electron chi connectivity index (χ4n) is 3.08. The first-order valence-electron chi connectivity index (χ1n) is 8.89. The molecule has 0 aromatic carbocycles. The minimum absolute atomic E-state index is 0.143. The number of aromatic nitrogens is 2. The molecule has 28 heavy (non-hydrogen) atoms. The highest BCUT2D eigenvalue weighted by Crippen LogP contribution is 2.35. The van der Waals surface area contributed by atoms with Crippen LogP contribution in [0.3, 0.4) is 0 Å². The second-order valence-corrected chi connectivity index (χ2v) is 8.31. The van der Waals surface area contributed by atoms with Gasteiger partial charge in [-0.3, -0.25) is 10.1 Å². The van der Waals surface area contributed by atoms with Crippen LogP contribution in [0.2, 0.25) is 5.15 Å². The Morgan fingerprint density at radius 1 is 1.18 bits per heavy atom. The van der Waals surface area contributed by atoms with Crippen molar-refractivity contribution in [3.8, 4) is 0 Å². The highest BCUT2D eigenvalue weighted by Gasteiger charge is 2.33. The number of nitro groups is 1. The zero-order valence-corrected chi connectivity index (χ0v) is 16.9. The zero-order chi connectivity index (χ0) is 20.3. The van der Waals surface area contributed by atoms with E-state index in [2.05, 4.69) is 9.97 Å². The third kappa shape index (κ3) is 4.50. The summed E-state index contributed by atoms with van der Waals surface area (Å²) < 4.78 is 16.6. The van der Waals surface area contributed by atoms with E-state index < -0.39 is 16.1 Å². The Morgan fingerprint density at radius 3 is 2.39 bits per heavy atom. The third-order valence-corrected chi connectivity index (χ3v) is 6.10. The maximum Gasteiger partial charge on any atom is 0.409 e. The standard InChI is InChI=1S/C15H21ClN6O5S/c1-2-27-15(23)21-5-3-20(4-6-21)14-17-12(16)11(22(24)25)13(18-14)19-7-9-28(26)10-8-19/h2-10H2,1H3. The number of hydrogen-bond donors (Lipinski definition) is 0.